The summed E-state index contributed by atoms with van der Waals surface area (Å²) in [4.78, 5) is 8.53. The Hall–Kier alpha value is -0.670. The van der Waals surface area contributed by atoms with Crippen LogP contribution in [0.3, 0.4) is 0 Å². The molecule has 0 aromatic carbocycles. The van der Waals surface area contributed by atoms with Gasteiger partial charge in [0.2, 0.25) is 0 Å². The molecule has 0 amide bonds. The van der Waals surface area contributed by atoms with Gasteiger partial charge in [-0.05, 0) is 24.3 Å². The maximum Gasteiger partial charge on any atom is 0.141 e. The van der Waals surface area contributed by atoms with Gasteiger partial charge in [0.05, 0.1) is 6.54 Å². The third-order valence-corrected chi connectivity index (χ3v) is 3.23. The monoisotopic (exact) mass is 241 g/mol. The maximum atomic E-state index is 5.48. The normalized spacial score (nSPS) is 17.6. The summed E-state index contributed by atoms with van der Waals surface area (Å²) in [6.45, 7) is 0.435. The molecule has 16 heavy (non-hydrogen) atoms. The molecule has 0 atom stereocenters. The van der Waals surface area contributed by atoms with Crippen molar-refractivity contribution in [3.8, 4) is 0 Å². The molecule has 2 rings (SSSR count). The Bertz CT molecular complexity index is 292. The van der Waals surface area contributed by atoms with E-state index in [1.54, 1.807) is 0 Å². The summed E-state index contributed by atoms with van der Waals surface area (Å²) in [6.07, 6.45) is 12.0. The minimum atomic E-state index is 0. The maximum absolute atomic E-state index is 5.48. The fraction of sp³-hybridized carbons (Fsp3) is 0.667. The molecule has 0 bridgehead atoms. The second-order valence-electron chi connectivity index (χ2n) is 4.33. The lowest BCUT2D eigenvalue weighted by Gasteiger charge is -2.13. The van der Waals surface area contributed by atoms with Crippen LogP contribution in [0.25, 0.3) is 0 Å². The lowest BCUT2D eigenvalue weighted by molar-refractivity contribution is 0.587. The Morgan fingerprint density at radius 2 is 1.62 bits per heavy atom. The smallest absolute Gasteiger partial charge is 0.141 e. The van der Waals surface area contributed by atoms with Crippen molar-refractivity contribution in [2.45, 2.75) is 51.0 Å². The number of halogens is 1. The summed E-state index contributed by atoms with van der Waals surface area (Å²) in [7, 11) is 0. The first-order valence-corrected chi connectivity index (χ1v) is 5.91. The molecule has 2 N–H and O–H groups in total. The molecule has 1 heterocycles. The first-order valence-electron chi connectivity index (χ1n) is 5.91. The first-order chi connectivity index (χ1) is 7.40. The number of hydrogen-bond donors (Lipinski definition) is 1. The van der Waals surface area contributed by atoms with Gasteiger partial charge in [0.15, 0.2) is 0 Å². The van der Waals surface area contributed by atoms with Crippen molar-refractivity contribution < 1.29 is 0 Å². The van der Waals surface area contributed by atoms with Crippen LogP contribution >= 0.6 is 12.4 Å². The lowest BCUT2D eigenvalue weighted by atomic mass is 9.94. The summed E-state index contributed by atoms with van der Waals surface area (Å²) < 4.78 is 0. The van der Waals surface area contributed by atoms with Crippen LogP contribution in [0.5, 0.6) is 0 Å². The highest BCUT2D eigenvalue weighted by molar-refractivity contribution is 5.85. The molecule has 1 aromatic rings. The number of nitrogens with two attached hydrogens (primary N) is 1. The van der Waals surface area contributed by atoms with Crippen molar-refractivity contribution in [3.05, 3.63) is 23.8 Å². The van der Waals surface area contributed by atoms with Gasteiger partial charge in [0.1, 0.15) is 5.82 Å². The minimum absolute atomic E-state index is 0. The van der Waals surface area contributed by atoms with Crippen LogP contribution in [0, 0.1) is 0 Å². The minimum Gasteiger partial charge on any atom is -0.324 e. The highest BCUT2D eigenvalue weighted by Crippen LogP contribution is 2.30. The molecule has 1 aromatic heterocycles. The fourth-order valence-corrected chi connectivity index (χ4v) is 2.29. The van der Waals surface area contributed by atoms with Gasteiger partial charge >= 0.3 is 0 Å². The number of rotatable bonds is 2. The van der Waals surface area contributed by atoms with E-state index < -0.39 is 0 Å². The van der Waals surface area contributed by atoms with E-state index in [9.17, 15) is 0 Å². The second kappa shape index (κ2) is 6.81. The molecule has 4 heteroatoms. The zero-order valence-corrected chi connectivity index (χ0v) is 10.4. The van der Waals surface area contributed by atoms with E-state index >= 15 is 0 Å². The molecule has 1 aliphatic carbocycles. The Balaban J connectivity index is 0.00000128. The molecule has 1 fully saturated rings. The van der Waals surface area contributed by atoms with E-state index in [-0.39, 0.29) is 12.4 Å². The predicted molar refractivity (Wildman–Crippen MR) is 67.6 cm³/mol. The molecule has 1 saturated carbocycles. The van der Waals surface area contributed by atoms with Gasteiger partial charge in [-0.3, -0.25) is 0 Å². The summed E-state index contributed by atoms with van der Waals surface area (Å²) in [5, 5.41) is 0. The second-order valence-corrected chi connectivity index (χ2v) is 4.33. The Kier molecular flexibility index (Phi) is 5.71. The van der Waals surface area contributed by atoms with Crippen LogP contribution in [-0.2, 0) is 6.54 Å². The fourth-order valence-electron chi connectivity index (χ4n) is 2.29. The largest absolute Gasteiger partial charge is 0.324 e. The Labute approximate surface area is 103 Å². The predicted octanol–water partition coefficient (Wildman–Crippen LogP) is 2.79. The van der Waals surface area contributed by atoms with Crippen LogP contribution in [0.4, 0.5) is 0 Å². The van der Waals surface area contributed by atoms with Gasteiger partial charge in [0.25, 0.3) is 0 Å². The van der Waals surface area contributed by atoms with Crippen molar-refractivity contribution in [1.82, 2.24) is 9.97 Å². The van der Waals surface area contributed by atoms with E-state index in [0.29, 0.717) is 12.5 Å². The van der Waals surface area contributed by atoms with Gasteiger partial charge in [-0.2, -0.15) is 0 Å². The number of aromatic nitrogens is 2. The molecular weight excluding hydrogens is 222 g/mol. The van der Waals surface area contributed by atoms with Crippen molar-refractivity contribution in [1.29, 1.82) is 0 Å². The SMILES string of the molecule is Cl.NCc1ncc(C2CCCCCC2)cn1. The van der Waals surface area contributed by atoms with Gasteiger partial charge in [0, 0.05) is 12.4 Å². The quantitative estimate of drug-likeness (QED) is 0.811. The molecule has 90 valence electrons. The average Bonchev–Trinajstić information content (AvgIpc) is 2.58. The lowest BCUT2D eigenvalue weighted by Crippen LogP contribution is -2.05. The van der Waals surface area contributed by atoms with Crippen molar-refractivity contribution in [2.24, 2.45) is 5.73 Å². The Morgan fingerprint density at radius 3 is 2.12 bits per heavy atom. The summed E-state index contributed by atoms with van der Waals surface area (Å²) >= 11 is 0. The number of nitrogens with zero attached hydrogens (tertiary/aromatic N) is 2. The van der Waals surface area contributed by atoms with Crippen LogP contribution in [0.15, 0.2) is 12.4 Å². The molecule has 0 saturated heterocycles. The average molecular weight is 242 g/mol. The molecular formula is C12H20ClN3. The van der Waals surface area contributed by atoms with Gasteiger partial charge in [-0.1, -0.05) is 25.7 Å². The van der Waals surface area contributed by atoms with Crippen LogP contribution in [0.2, 0.25) is 0 Å². The number of hydrogen-bond acceptors (Lipinski definition) is 3. The molecule has 0 radical (unpaired) electrons. The molecule has 3 nitrogen and oxygen atoms in total. The van der Waals surface area contributed by atoms with E-state index in [0.717, 1.165) is 5.82 Å². The van der Waals surface area contributed by atoms with Gasteiger partial charge < -0.3 is 5.73 Å². The van der Waals surface area contributed by atoms with Crippen LogP contribution < -0.4 is 5.73 Å². The van der Waals surface area contributed by atoms with Crippen molar-refractivity contribution in [3.63, 3.8) is 0 Å². The molecule has 0 aliphatic heterocycles. The zero-order chi connectivity index (χ0) is 10.5. The molecule has 0 spiro atoms. The standard InChI is InChI=1S/C12H19N3.ClH/c13-7-12-14-8-11(9-15-12)10-5-3-1-2-4-6-10;/h8-10H,1-7,13H2;1H. The Morgan fingerprint density at radius 1 is 1.06 bits per heavy atom. The van der Waals surface area contributed by atoms with Crippen molar-refractivity contribution in [2.75, 3.05) is 0 Å². The molecule has 0 unspecified atom stereocenters. The summed E-state index contributed by atoms with van der Waals surface area (Å²) in [5.74, 6) is 1.42. The third-order valence-electron chi connectivity index (χ3n) is 3.23. The highest BCUT2D eigenvalue weighted by Gasteiger charge is 2.14. The summed E-state index contributed by atoms with van der Waals surface area (Å²) in [5.41, 5.74) is 6.78. The summed E-state index contributed by atoms with van der Waals surface area (Å²) in [6, 6.07) is 0. The van der Waals surface area contributed by atoms with E-state index in [1.165, 1.54) is 44.1 Å². The first kappa shape index (κ1) is 13.4. The van der Waals surface area contributed by atoms with Crippen molar-refractivity contribution >= 4 is 12.4 Å². The highest BCUT2D eigenvalue weighted by atomic mass is 35.5. The zero-order valence-electron chi connectivity index (χ0n) is 9.56. The van der Waals surface area contributed by atoms with Gasteiger partial charge in [-0.25, -0.2) is 9.97 Å². The van der Waals surface area contributed by atoms with Crippen LogP contribution in [-0.4, -0.2) is 9.97 Å². The van der Waals surface area contributed by atoms with E-state index in [4.69, 9.17) is 5.73 Å². The topological polar surface area (TPSA) is 51.8 Å². The van der Waals surface area contributed by atoms with E-state index in [1.807, 2.05) is 12.4 Å². The van der Waals surface area contributed by atoms with E-state index in [2.05, 4.69) is 9.97 Å². The molecule has 1 aliphatic rings. The third kappa shape index (κ3) is 3.42. The van der Waals surface area contributed by atoms with Gasteiger partial charge in [-0.15, -0.1) is 12.4 Å². The van der Waals surface area contributed by atoms with Crippen LogP contribution in [0.1, 0.15) is 55.8 Å².